The van der Waals surface area contributed by atoms with E-state index in [-0.39, 0.29) is 5.60 Å². The second kappa shape index (κ2) is 4.28. The molecule has 0 bridgehead atoms. The molecule has 2 nitrogen and oxygen atoms in total. The molecule has 0 aromatic carbocycles. The van der Waals surface area contributed by atoms with Gasteiger partial charge in [0, 0.05) is 6.42 Å². The smallest absolute Gasteiger partial charge is 0.163 e. The van der Waals surface area contributed by atoms with E-state index in [0.29, 0.717) is 0 Å². The van der Waals surface area contributed by atoms with E-state index in [2.05, 4.69) is 13.2 Å². The fraction of sp³-hybridized carbons (Fsp3) is 0.667. The molecule has 1 aliphatic rings. The molecule has 14 heavy (non-hydrogen) atoms. The molecule has 0 aromatic heterocycles. The van der Waals surface area contributed by atoms with Gasteiger partial charge in [0.1, 0.15) is 0 Å². The Kier molecular flexibility index (Phi) is 3.51. The van der Waals surface area contributed by atoms with Gasteiger partial charge in [0.25, 0.3) is 0 Å². The monoisotopic (exact) mass is 196 g/mol. The maximum absolute atomic E-state index is 5.98. The van der Waals surface area contributed by atoms with Crippen LogP contribution in [0.1, 0.15) is 33.1 Å². The van der Waals surface area contributed by atoms with Crippen molar-refractivity contribution >= 4 is 0 Å². The molecule has 1 rings (SSSR count). The Hall–Kier alpha value is -0.600. The Labute approximate surface area is 86.6 Å². The first-order chi connectivity index (χ1) is 6.54. The second-order valence-corrected chi connectivity index (χ2v) is 4.27. The summed E-state index contributed by atoms with van der Waals surface area (Å²) in [5.41, 5.74) is -0.148. The zero-order valence-electron chi connectivity index (χ0n) is 9.21. The van der Waals surface area contributed by atoms with E-state index < -0.39 is 5.79 Å². The average Bonchev–Trinajstić information content (AvgIpc) is 2.02. The zero-order valence-corrected chi connectivity index (χ0v) is 9.21. The van der Waals surface area contributed by atoms with Crippen molar-refractivity contribution in [2.45, 2.75) is 44.5 Å². The number of hydrogen-bond acceptors (Lipinski definition) is 2. The van der Waals surface area contributed by atoms with E-state index in [1.807, 2.05) is 26.0 Å². The van der Waals surface area contributed by atoms with Gasteiger partial charge in [0.05, 0.1) is 12.2 Å². The molecular formula is C12H20O2. The van der Waals surface area contributed by atoms with Crippen LogP contribution < -0.4 is 0 Å². The lowest BCUT2D eigenvalue weighted by Gasteiger charge is -2.44. The molecule has 0 aliphatic carbocycles. The third-order valence-corrected chi connectivity index (χ3v) is 2.50. The van der Waals surface area contributed by atoms with E-state index in [1.54, 1.807) is 0 Å². The Balaban J connectivity index is 2.75. The van der Waals surface area contributed by atoms with Crippen LogP contribution in [0.3, 0.4) is 0 Å². The minimum Gasteiger partial charge on any atom is -0.350 e. The fourth-order valence-corrected chi connectivity index (χ4v) is 1.98. The Morgan fingerprint density at radius 1 is 1.21 bits per heavy atom. The standard InChI is InChI=1S/C12H20O2/c1-5-7-12(8-6-2)9-10-13-11(3,4)14-12/h5-6H,1-2,7-10H2,3-4H3. The quantitative estimate of drug-likeness (QED) is 0.643. The maximum Gasteiger partial charge on any atom is 0.163 e. The van der Waals surface area contributed by atoms with Crippen LogP contribution in [-0.2, 0) is 9.47 Å². The van der Waals surface area contributed by atoms with Gasteiger partial charge in [-0.1, -0.05) is 12.2 Å². The summed E-state index contributed by atoms with van der Waals surface area (Å²) < 4.78 is 11.5. The summed E-state index contributed by atoms with van der Waals surface area (Å²) in [6.45, 7) is 12.2. The van der Waals surface area contributed by atoms with E-state index in [9.17, 15) is 0 Å². The summed E-state index contributed by atoms with van der Waals surface area (Å²) in [5, 5.41) is 0. The first-order valence-corrected chi connectivity index (χ1v) is 5.09. The van der Waals surface area contributed by atoms with Gasteiger partial charge in [0.2, 0.25) is 0 Å². The van der Waals surface area contributed by atoms with Crippen LogP contribution in [0.15, 0.2) is 25.3 Å². The van der Waals surface area contributed by atoms with Gasteiger partial charge in [-0.25, -0.2) is 0 Å². The van der Waals surface area contributed by atoms with E-state index in [4.69, 9.17) is 9.47 Å². The number of ether oxygens (including phenoxy) is 2. The SMILES string of the molecule is C=CCC1(CC=C)CCOC(C)(C)O1. The first-order valence-electron chi connectivity index (χ1n) is 5.09. The van der Waals surface area contributed by atoms with Crippen molar-refractivity contribution in [2.24, 2.45) is 0 Å². The van der Waals surface area contributed by atoms with Crippen molar-refractivity contribution in [1.29, 1.82) is 0 Å². The van der Waals surface area contributed by atoms with Crippen LogP contribution in [0.25, 0.3) is 0 Å². The molecule has 0 saturated carbocycles. The van der Waals surface area contributed by atoms with E-state index >= 15 is 0 Å². The molecule has 0 spiro atoms. The Morgan fingerprint density at radius 2 is 1.79 bits per heavy atom. The third-order valence-electron chi connectivity index (χ3n) is 2.50. The summed E-state index contributed by atoms with van der Waals surface area (Å²) >= 11 is 0. The summed E-state index contributed by atoms with van der Waals surface area (Å²) in [4.78, 5) is 0. The summed E-state index contributed by atoms with van der Waals surface area (Å²) in [7, 11) is 0. The van der Waals surface area contributed by atoms with Crippen molar-refractivity contribution in [3.8, 4) is 0 Å². The Bertz CT molecular complexity index is 208. The van der Waals surface area contributed by atoms with Gasteiger partial charge >= 0.3 is 0 Å². The molecule has 0 unspecified atom stereocenters. The molecule has 1 aliphatic heterocycles. The molecule has 0 amide bonds. The lowest BCUT2D eigenvalue weighted by molar-refractivity contribution is -0.308. The van der Waals surface area contributed by atoms with Crippen molar-refractivity contribution in [3.63, 3.8) is 0 Å². The van der Waals surface area contributed by atoms with Crippen molar-refractivity contribution in [1.82, 2.24) is 0 Å². The van der Waals surface area contributed by atoms with Gasteiger partial charge in [-0.2, -0.15) is 0 Å². The van der Waals surface area contributed by atoms with Crippen LogP contribution in [0.2, 0.25) is 0 Å². The molecule has 0 N–H and O–H groups in total. The van der Waals surface area contributed by atoms with Crippen LogP contribution in [-0.4, -0.2) is 18.0 Å². The van der Waals surface area contributed by atoms with E-state index in [1.165, 1.54) is 0 Å². The summed E-state index contributed by atoms with van der Waals surface area (Å²) in [6.07, 6.45) is 6.43. The van der Waals surface area contributed by atoms with Gasteiger partial charge < -0.3 is 9.47 Å². The van der Waals surface area contributed by atoms with Crippen LogP contribution >= 0.6 is 0 Å². The Morgan fingerprint density at radius 3 is 2.21 bits per heavy atom. The molecule has 0 atom stereocenters. The van der Waals surface area contributed by atoms with Gasteiger partial charge in [-0.05, 0) is 26.7 Å². The molecule has 1 heterocycles. The first kappa shape index (κ1) is 11.5. The predicted molar refractivity (Wildman–Crippen MR) is 58.1 cm³/mol. The summed E-state index contributed by atoms with van der Waals surface area (Å²) in [5.74, 6) is -0.482. The molecule has 1 saturated heterocycles. The maximum atomic E-state index is 5.98. The largest absolute Gasteiger partial charge is 0.350 e. The molecular weight excluding hydrogens is 176 g/mol. The molecule has 80 valence electrons. The molecule has 1 fully saturated rings. The fourth-order valence-electron chi connectivity index (χ4n) is 1.98. The molecule has 2 heteroatoms. The van der Waals surface area contributed by atoms with Crippen LogP contribution in [0.4, 0.5) is 0 Å². The predicted octanol–water partition coefficient (Wildman–Crippen LogP) is 3.05. The average molecular weight is 196 g/mol. The van der Waals surface area contributed by atoms with Crippen LogP contribution in [0, 0.1) is 0 Å². The van der Waals surface area contributed by atoms with Crippen molar-refractivity contribution < 1.29 is 9.47 Å². The molecule has 0 radical (unpaired) electrons. The normalized spacial score (nSPS) is 24.1. The minimum absolute atomic E-state index is 0.148. The van der Waals surface area contributed by atoms with Crippen LogP contribution in [0.5, 0.6) is 0 Å². The lowest BCUT2D eigenvalue weighted by atomic mass is 9.90. The van der Waals surface area contributed by atoms with Gasteiger partial charge in [-0.15, -0.1) is 13.2 Å². The lowest BCUT2D eigenvalue weighted by Crippen LogP contribution is -2.48. The topological polar surface area (TPSA) is 18.5 Å². The number of rotatable bonds is 4. The highest BCUT2D eigenvalue weighted by atomic mass is 16.7. The minimum atomic E-state index is -0.482. The van der Waals surface area contributed by atoms with Crippen molar-refractivity contribution in [2.75, 3.05) is 6.61 Å². The highest BCUT2D eigenvalue weighted by Crippen LogP contribution is 2.36. The highest BCUT2D eigenvalue weighted by molar-refractivity contribution is 4.96. The van der Waals surface area contributed by atoms with Gasteiger partial charge in [-0.3, -0.25) is 0 Å². The molecule has 0 aromatic rings. The third kappa shape index (κ3) is 2.69. The second-order valence-electron chi connectivity index (χ2n) is 4.27. The highest BCUT2D eigenvalue weighted by Gasteiger charge is 2.39. The zero-order chi connectivity index (χ0) is 10.7. The van der Waals surface area contributed by atoms with E-state index in [0.717, 1.165) is 25.9 Å². The van der Waals surface area contributed by atoms with Gasteiger partial charge in [0.15, 0.2) is 5.79 Å². The summed E-state index contributed by atoms with van der Waals surface area (Å²) in [6, 6.07) is 0. The van der Waals surface area contributed by atoms with Crippen molar-refractivity contribution in [3.05, 3.63) is 25.3 Å². The number of hydrogen-bond donors (Lipinski definition) is 0.